The number of rotatable bonds is 3. The van der Waals surface area contributed by atoms with Crippen LogP contribution in [0.4, 0.5) is 0 Å². The van der Waals surface area contributed by atoms with Crippen molar-refractivity contribution in [3.05, 3.63) is 30.1 Å². The molecule has 4 heteroatoms. The summed E-state index contributed by atoms with van der Waals surface area (Å²) >= 11 is 0. The van der Waals surface area contributed by atoms with Gasteiger partial charge in [0.25, 0.3) is 0 Å². The van der Waals surface area contributed by atoms with Gasteiger partial charge in [0.15, 0.2) is 0 Å². The lowest BCUT2D eigenvalue weighted by Crippen LogP contribution is -2.34. The minimum absolute atomic E-state index is 0.142. The van der Waals surface area contributed by atoms with Crippen molar-refractivity contribution in [2.75, 3.05) is 6.61 Å². The highest BCUT2D eigenvalue weighted by atomic mass is 16.5. The van der Waals surface area contributed by atoms with Crippen LogP contribution in [0.3, 0.4) is 0 Å². The predicted molar refractivity (Wildman–Crippen MR) is 57.8 cm³/mol. The van der Waals surface area contributed by atoms with Crippen LogP contribution in [0.2, 0.25) is 0 Å². The number of pyridine rings is 1. The normalized spacial score (nSPS) is 27.9. The maximum absolute atomic E-state index is 5.60. The second-order valence-corrected chi connectivity index (χ2v) is 4.07. The molecule has 0 bridgehead atoms. The van der Waals surface area contributed by atoms with Crippen LogP contribution in [0.1, 0.15) is 24.9 Å². The molecule has 2 heterocycles. The largest absolute Gasteiger partial charge is 0.378 e. The highest BCUT2D eigenvalue weighted by molar-refractivity contribution is 5.15. The first-order chi connectivity index (χ1) is 7.31. The van der Waals surface area contributed by atoms with Crippen LogP contribution in [-0.4, -0.2) is 17.7 Å². The molecule has 0 radical (unpaired) electrons. The molecule has 4 nitrogen and oxygen atoms in total. The molecule has 82 valence electrons. The van der Waals surface area contributed by atoms with Crippen LogP contribution in [0.5, 0.6) is 0 Å². The van der Waals surface area contributed by atoms with Crippen LogP contribution < -0.4 is 11.3 Å². The summed E-state index contributed by atoms with van der Waals surface area (Å²) in [6, 6.07) is 4.11. The minimum Gasteiger partial charge on any atom is -0.378 e. The summed E-state index contributed by atoms with van der Waals surface area (Å²) in [5, 5.41) is 0. The minimum atomic E-state index is 0.142. The van der Waals surface area contributed by atoms with E-state index in [1.54, 1.807) is 6.20 Å². The van der Waals surface area contributed by atoms with Gasteiger partial charge in [0.1, 0.15) is 0 Å². The number of aromatic nitrogens is 1. The van der Waals surface area contributed by atoms with Gasteiger partial charge in [-0.25, -0.2) is 0 Å². The lowest BCUT2D eigenvalue weighted by Gasteiger charge is -2.21. The van der Waals surface area contributed by atoms with Crippen LogP contribution in [-0.2, 0) is 4.74 Å². The van der Waals surface area contributed by atoms with E-state index in [0.717, 1.165) is 18.6 Å². The van der Waals surface area contributed by atoms with Gasteiger partial charge in [-0.3, -0.25) is 16.3 Å². The van der Waals surface area contributed by atoms with Gasteiger partial charge in [-0.2, -0.15) is 0 Å². The molecule has 3 N–H and O–H groups in total. The first-order valence-electron chi connectivity index (χ1n) is 5.29. The standard InChI is InChI=1S/C11H17N3O/c1-8-5-10(7-15-8)11(14-12)9-3-2-4-13-6-9/h2-4,6,8,10-11,14H,5,7,12H2,1H3. The van der Waals surface area contributed by atoms with Gasteiger partial charge in [-0.15, -0.1) is 0 Å². The lowest BCUT2D eigenvalue weighted by atomic mass is 9.92. The van der Waals surface area contributed by atoms with E-state index < -0.39 is 0 Å². The van der Waals surface area contributed by atoms with E-state index in [1.165, 1.54) is 0 Å². The third-order valence-corrected chi connectivity index (χ3v) is 2.92. The zero-order valence-electron chi connectivity index (χ0n) is 8.89. The van der Waals surface area contributed by atoms with E-state index in [4.69, 9.17) is 10.6 Å². The van der Waals surface area contributed by atoms with Crippen molar-refractivity contribution in [3.8, 4) is 0 Å². The Balaban J connectivity index is 2.11. The zero-order valence-corrected chi connectivity index (χ0v) is 8.89. The molecular formula is C11H17N3O. The zero-order chi connectivity index (χ0) is 10.7. The Morgan fingerprint density at radius 1 is 1.67 bits per heavy atom. The van der Waals surface area contributed by atoms with Gasteiger partial charge in [0.05, 0.1) is 18.8 Å². The Kier molecular flexibility index (Phi) is 3.30. The average Bonchev–Trinajstić information content (AvgIpc) is 2.68. The number of ether oxygens (including phenoxy) is 1. The average molecular weight is 207 g/mol. The van der Waals surface area contributed by atoms with Crippen molar-refractivity contribution in [2.45, 2.75) is 25.5 Å². The maximum Gasteiger partial charge on any atom is 0.0551 e. The maximum atomic E-state index is 5.60. The van der Waals surface area contributed by atoms with E-state index in [1.807, 2.05) is 18.3 Å². The first kappa shape index (κ1) is 10.5. The molecule has 1 fully saturated rings. The molecule has 1 aliphatic rings. The SMILES string of the molecule is CC1CC(C(NN)c2cccnc2)CO1. The quantitative estimate of drug-likeness (QED) is 0.573. The van der Waals surface area contributed by atoms with Crippen LogP contribution in [0.15, 0.2) is 24.5 Å². The summed E-state index contributed by atoms with van der Waals surface area (Å²) in [5.74, 6) is 6.04. The Morgan fingerprint density at radius 2 is 2.53 bits per heavy atom. The number of hydrogen-bond acceptors (Lipinski definition) is 4. The fourth-order valence-electron chi connectivity index (χ4n) is 2.15. The number of nitrogens with two attached hydrogens (primary N) is 1. The molecule has 1 aromatic heterocycles. The smallest absolute Gasteiger partial charge is 0.0551 e. The van der Waals surface area contributed by atoms with E-state index in [2.05, 4.69) is 17.3 Å². The molecule has 3 unspecified atom stereocenters. The third-order valence-electron chi connectivity index (χ3n) is 2.92. The van der Waals surface area contributed by atoms with Gasteiger partial charge in [-0.05, 0) is 25.0 Å². The van der Waals surface area contributed by atoms with E-state index >= 15 is 0 Å². The first-order valence-corrected chi connectivity index (χ1v) is 5.29. The molecule has 0 aromatic carbocycles. The Hall–Kier alpha value is -0.970. The van der Waals surface area contributed by atoms with Gasteiger partial charge >= 0.3 is 0 Å². The third kappa shape index (κ3) is 2.34. The highest BCUT2D eigenvalue weighted by Crippen LogP contribution is 2.30. The van der Waals surface area contributed by atoms with Crippen molar-refractivity contribution in [1.82, 2.24) is 10.4 Å². The van der Waals surface area contributed by atoms with Gasteiger partial charge in [0.2, 0.25) is 0 Å². The van der Waals surface area contributed by atoms with Crippen molar-refractivity contribution in [3.63, 3.8) is 0 Å². The molecule has 1 aliphatic heterocycles. The molecule has 1 aromatic rings. The second kappa shape index (κ2) is 4.70. The lowest BCUT2D eigenvalue weighted by molar-refractivity contribution is 0.117. The fraction of sp³-hybridized carbons (Fsp3) is 0.545. The molecule has 15 heavy (non-hydrogen) atoms. The molecule has 3 atom stereocenters. The molecular weight excluding hydrogens is 190 g/mol. The Bertz CT molecular complexity index is 304. The van der Waals surface area contributed by atoms with Gasteiger partial charge in [0, 0.05) is 18.3 Å². The fourth-order valence-corrected chi connectivity index (χ4v) is 2.15. The van der Waals surface area contributed by atoms with Gasteiger partial charge < -0.3 is 4.74 Å². The van der Waals surface area contributed by atoms with Crippen LogP contribution in [0, 0.1) is 5.92 Å². The monoisotopic (exact) mass is 207 g/mol. The predicted octanol–water partition coefficient (Wildman–Crippen LogP) is 1.01. The summed E-state index contributed by atoms with van der Waals surface area (Å²) < 4.78 is 5.55. The summed E-state index contributed by atoms with van der Waals surface area (Å²) in [6.07, 6.45) is 5.00. The molecule has 0 amide bonds. The summed E-state index contributed by atoms with van der Waals surface area (Å²) in [4.78, 5) is 4.11. The number of nitrogens with zero attached hydrogens (tertiary/aromatic N) is 1. The molecule has 0 saturated carbocycles. The molecule has 2 rings (SSSR count). The van der Waals surface area contributed by atoms with Crippen molar-refractivity contribution < 1.29 is 4.74 Å². The number of nitrogens with one attached hydrogen (secondary N) is 1. The topological polar surface area (TPSA) is 60.2 Å². The highest BCUT2D eigenvalue weighted by Gasteiger charge is 2.29. The van der Waals surface area contributed by atoms with Crippen molar-refractivity contribution in [1.29, 1.82) is 0 Å². The second-order valence-electron chi connectivity index (χ2n) is 4.07. The van der Waals surface area contributed by atoms with Crippen molar-refractivity contribution in [2.24, 2.45) is 11.8 Å². The molecule has 0 spiro atoms. The number of hydrogen-bond donors (Lipinski definition) is 2. The molecule has 1 saturated heterocycles. The Morgan fingerprint density at radius 3 is 3.07 bits per heavy atom. The Labute approximate surface area is 89.8 Å². The van der Waals surface area contributed by atoms with E-state index in [9.17, 15) is 0 Å². The van der Waals surface area contributed by atoms with E-state index in [0.29, 0.717) is 12.0 Å². The summed E-state index contributed by atoms with van der Waals surface area (Å²) in [7, 11) is 0. The summed E-state index contributed by atoms with van der Waals surface area (Å²) in [6.45, 7) is 2.86. The van der Waals surface area contributed by atoms with Crippen LogP contribution >= 0.6 is 0 Å². The van der Waals surface area contributed by atoms with Gasteiger partial charge in [-0.1, -0.05) is 6.07 Å². The van der Waals surface area contributed by atoms with Crippen molar-refractivity contribution >= 4 is 0 Å². The summed E-state index contributed by atoms with van der Waals surface area (Å²) in [5.41, 5.74) is 3.99. The van der Waals surface area contributed by atoms with E-state index in [-0.39, 0.29) is 6.04 Å². The molecule has 0 aliphatic carbocycles. The van der Waals surface area contributed by atoms with Crippen LogP contribution in [0.25, 0.3) is 0 Å². The number of hydrazine groups is 1.